The monoisotopic (exact) mass is 375 g/mol. The molecule has 0 amide bonds. The van der Waals surface area contributed by atoms with E-state index < -0.39 is 18.0 Å². The van der Waals surface area contributed by atoms with Crippen molar-refractivity contribution < 1.29 is 28.8 Å². The van der Waals surface area contributed by atoms with E-state index in [1.165, 1.54) is 5.56 Å². The van der Waals surface area contributed by atoms with E-state index in [0.29, 0.717) is 6.42 Å². The van der Waals surface area contributed by atoms with E-state index in [9.17, 15) is 5.11 Å². The van der Waals surface area contributed by atoms with Crippen molar-refractivity contribution in [1.82, 2.24) is 4.90 Å². The van der Waals surface area contributed by atoms with Crippen LogP contribution < -0.4 is 9.47 Å². The summed E-state index contributed by atoms with van der Waals surface area (Å²) < 4.78 is 29.9. The van der Waals surface area contributed by atoms with E-state index in [-0.39, 0.29) is 23.9 Å². The van der Waals surface area contributed by atoms with Crippen molar-refractivity contribution in [1.29, 1.82) is 0 Å². The van der Waals surface area contributed by atoms with Crippen LogP contribution in [0.3, 0.4) is 0 Å². The van der Waals surface area contributed by atoms with Crippen LogP contribution in [0.4, 0.5) is 0 Å². The number of nitrogens with zero attached hydrogens (tertiary/aromatic N) is 1. The summed E-state index contributed by atoms with van der Waals surface area (Å²) in [6, 6.07) is 4.18. The molecule has 1 N–H and O–H groups in total. The quantitative estimate of drug-likeness (QED) is 0.836. The number of benzene rings is 1. The molecule has 27 heavy (non-hydrogen) atoms. The molecule has 7 heteroatoms. The number of ether oxygens (including phenoxy) is 5. The lowest BCUT2D eigenvalue weighted by atomic mass is 9.50. The smallest absolute Gasteiger partial charge is 0.231 e. The fraction of sp³-hybridized carbons (Fsp3) is 0.700. The van der Waals surface area contributed by atoms with E-state index in [0.717, 1.165) is 36.4 Å². The molecule has 146 valence electrons. The van der Waals surface area contributed by atoms with Crippen molar-refractivity contribution in [3.63, 3.8) is 0 Å². The van der Waals surface area contributed by atoms with E-state index in [1.807, 2.05) is 0 Å². The van der Waals surface area contributed by atoms with Crippen LogP contribution in [0.1, 0.15) is 36.5 Å². The first-order valence-corrected chi connectivity index (χ1v) is 9.62. The maximum Gasteiger partial charge on any atom is 0.231 e. The highest BCUT2D eigenvalue weighted by atomic mass is 16.7. The molecule has 2 bridgehead atoms. The summed E-state index contributed by atoms with van der Waals surface area (Å²) in [6.45, 7) is 1.16. The minimum Gasteiger partial charge on any atom is -0.454 e. The molecule has 1 spiro atoms. The van der Waals surface area contributed by atoms with Gasteiger partial charge in [-0.2, -0.15) is 0 Å². The zero-order valence-electron chi connectivity index (χ0n) is 15.9. The van der Waals surface area contributed by atoms with E-state index in [4.69, 9.17) is 23.7 Å². The van der Waals surface area contributed by atoms with Gasteiger partial charge in [-0.25, -0.2) is 0 Å². The Kier molecular flexibility index (Phi) is 3.04. The molecular formula is C20H25NO6. The molecule has 1 saturated carbocycles. The van der Waals surface area contributed by atoms with Gasteiger partial charge in [0, 0.05) is 26.1 Å². The minimum atomic E-state index is -1.03. The van der Waals surface area contributed by atoms with Crippen LogP contribution in [0.2, 0.25) is 0 Å². The van der Waals surface area contributed by atoms with Crippen molar-refractivity contribution in [2.75, 3.05) is 34.6 Å². The van der Waals surface area contributed by atoms with E-state index in [2.05, 4.69) is 24.1 Å². The van der Waals surface area contributed by atoms with Crippen molar-refractivity contribution >= 4 is 0 Å². The largest absolute Gasteiger partial charge is 0.454 e. The Morgan fingerprint density at radius 2 is 1.96 bits per heavy atom. The number of aliphatic hydroxyl groups is 1. The average molecular weight is 375 g/mol. The van der Waals surface area contributed by atoms with Crippen LogP contribution in [0.5, 0.6) is 11.5 Å². The highest BCUT2D eigenvalue weighted by molar-refractivity contribution is 5.58. The second kappa shape index (κ2) is 4.96. The Bertz CT molecular complexity index is 831. The van der Waals surface area contributed by atoms with Crippen LogP contribution in [0, 0.1) is 0 Å². The highest BCUT2D eigenvalue weighted by Gasteiger charge is 2.82. The van der Waals surface area contributed by atoms with Gasteiger partial charge in [0.1, 0.15) is 6.10 Å². The predicted molar refractivity (Wildman–Crippen MR) is 93.8 cm³/mol. The maximum absolute atomic E-state index is 11.1. The minimum absolute atomic E-state index is 0.133. The summed E-state index contributed by atoms with van der Waals surface area (Å²) in [5.74, 6) is 0.519. The molecule has 7 nitrogen and oxygen atoms in total. The van der Waals surface area contributed by atoms with Gasteiger partial charge in [-0.05, 0) is 49.7 Å². The Labute approximate surface area is 158 Å². The highest BCUT2D eigenvalue weighted by Crippen LogP contribution is 2.72. The zero-order valence-corrected chi connectivity index (χ0v) is 15.9. The van der Waals surface area contributed by atoms with Crippen molar-refractivity contribution in [3.05, 3.63) is 23.3 Å². The van der Waals surface area contributed by atoms with Gasteiger partial charge in [0.2, 0.25) is 12.6 Å². The maximum atomic E-state index is 11.1. The third-order valence-electron chi connectivity index (χ3n) is 7.94. The number of likely N-dealkylation sites (N-methyl/N-ethyl adjacent to an activating group) is 1. The van der Waals surface area contributed by atoms with Crippen molar-refractivity contribution in [2.45, 2.75) is 54.3 Å². The first-order chi connectivity index (χ1) is 13.0. The van der Waals surface area contributed by atoms with E-state index in [1.54, 1.807) is 14.2 Å². The molecular weight excluding hydrogens is 350 g/mol. The Morgan fingerprint density at radius 1 is 1.19 bits per heavy atom. The summed E-state index contributed by atoms with van der Waals surface area (Å²) in [4.78, 5) is 2.38. The van der Waals surface area contributed by atoms with Crippen LogP contribution in [0.25, 0.3) is 0 Å². The van der Waals surface area contributed by atoms with Gasteiger partial charge in [0.25, 0.3) is 0 Å². The summed E-state index contributed by atoms with van der Waals surface area (Å²) in [5.41, 5.74) is 1.67. The molecule has 6 unspecified atom stereocenters. The van der Waals surface area contributed by atoms with Gasteiger partial charge >= 0.3 is 0 Å². The fourth-order valence-corrected chi connectivity index (χ4v) is 7.05. The molecule has 0 aromatic heterocycles. The molecule has 0 radical (unpaired) electrons. The lowest BCUT2D eigenvalue weighted by Gasteiger charge is -2.61. The van der Waals surface area contributed by atoms with Gasteiger partial charge in [0.05, 0.1) is 17.7 Å². The van der Waals surface area contributed by atoms with Crippen LogP contribution in [-0.2, 0) is 19.6 Å². The zero-order chi connectivity index (χ0) is 18.6. The van der Waals surface area contributed by atoms with Gasteiger partial charge in [-0.15, -0.1) is 0 Å². The standard InChI is InChI=1S/C20H25NO6/c1-21-5-4-18-8-13(22)17(23-2)20(24-3)19(18,21)9-16(27-20)11-6-14-15(7-12(11)18)26-10-25-14/h6-7,13,16-17,22H,4-5,8-10H2,1-3H3. The molecule has 2 aliphatic carbocycles. The van der Waals surface area contributed by atoms with Crippen LogP contribution in [0.15, 0.2) is 12.1 Å². The van der Waals surface area contributed by atoms with Gasteiger partial charge in [0.15, 0.2) is 11.5 Å². The van der Waals surface area contributed by atoms with Crippen LogP contribution >= 0.6 is 0 Å². The number of hydrogen-bond donors (Lipinski definition) is 1. The fourth-order valence-electron chi connectivity index (χ4n) is 7.05. The molecule has 6 rings (SSSR count). The SMILES string of the molecule is COC1C(O)CC23CCN(C)C24CC(OC14OC)c1cc2c(cc13)OCO2. The molecule has 6 atom stereocenters. The van der Waals surface area contributed by atoms with E-state index >= 15 is 0 Å². The summed E-state index contributed by atoms with van der Waals surface area (Å²) in [6.07, 6.45) is 1.01. The number of aliphatic hydroxyl groups excluding tert-OH is 1. The first-order valence-electron chi connectivity index (χ1n) is 9.62. The second-order valence-electron chi connectivity index (χ2n) is 8.52. The van der Waals surface area contributed by atoms with Gasteiger partial charge in [-0.3, -0.25) is 4.90 Å². The number of methoxy groups -OCH3 is 2. The molecule has 5 aliphatic rings. The Balaban J connectivity index is 1.67. The Hall–Kier alpha value is -1.38. The number of rotatable bonds is 2. The lowest BCUT2D eigenvalue weighted by Crippen LogP contribution is -2.77. The third kappa shape index (κ3) is 1.53. The summed E-state index contributed by atoms with van der Waals surface area (Å²) >= 11 is 0. The predicted octanol–water partition coefficient (Wildman–Crippen LogP) is 1.32. The van der Waals surface area contributed by atoms with Gasteiger partial charge in [-0.1, -0.05) is 0 Å². The molecule has 1 aromatic carbocycles. The molecule has 1 aromatic rings. The topological polar surface area (TPSA) is 69.6 Å². The van der Waals surface area contributed by atoms with Crippen molar-refractivity contribution in [3.8, 4) is 11.5 Å². The summed E-state index contributed by atoms with van der Waals surface area (Å²) in [7, 11) is 5.44. The Morgan fingerprint density at radius 3 is 2.70 bits per heavy atom. The third-order valence-corrected chi connectivity index (χ3v) is 7.94. The second-order valence-corrected chi connectivity index (χ2v) is 8.52. The van der Waals surface area contributed by atoms with Crippen LogP contribution in [-0.4, -0.2) is 68.1 Å². The molecule has 3 fully saturated rings. The molecule has 3 aliphatic heterocycles. The number of fused-ring (bicyclic) bond motifs is 4. The van der Waals surface area contributed by atoms with Crippen molar-refractivity contribution in [2.24, 2.45) is 0 Å². The lowest BCUT2D eigenvalue weighted by molar-refractivity contribution is -0.339. The number of likely N-dealkylation sites (tertiary alicyclic amines) is 1. The van der Waals surface area contributed by atoms with Gasteiger partial charge < -0.3 is 28.8 Å². The molecule has 3 heterocycles. The molecule has 2 saturated heterocycles. The average Bonchev–Trinajstić information content (AvgIpc) is 3.33. The first kappa shape index (κ1) is 16.6. The number of hydrogen-bond acceptors (Lipinski definition) is 7. The summed E-state index contributed by atoms with van der Waals surface area (Å²) in [5, 5.41) is 11.1. The normalized spacial score (nSPS) is 46.4.